The summed E-state index contributed by atoms with van der Waals surface area (Å²) >= 11 is 0. The van der Waals surface area contributed by atoms with Crippen LogP contribution in [-0.2, 0) is 9.53 Å². The van der Waals surface area contributed by atoms with Gasteiger partial charge in [0.1, 0.15) is 5.82 Å². The van der Waals surface area contributed by atoms with Crippen molar-refractivity contribution in [2.24, 2.45) is 0 Å². The van der Waals surface area contributed by atoms with Gasteiger partial charge in [-0.3, -0.25) is 4.79 Å². The lowest BCUT2D eigenvalue weighted by Crippen LogP contribution is -2.25. The van der Waals surface area contributed by atoms with E-state index in [4.69, 9.17) is 0 Å². The van der Waals surface area contributed by atoms with Crippen LogP contribution >= 0.6 is 0 Å². The maximum absolute atomic E-state index is 13.5. The molecule has 88 valence electrons. The van der Waals surface area contributed by atoms with Crippen molar-refractivity contribution >= 4 is 5.97 Å². The van der Waals surface area contributed by atoms with E-state index in [1.807, 2.05) is 6.92 Å². The number of esters is 1. The lowest BCUT2D eigenvalue weighted by molar-refractivity contribution is -0.141. The Morgan fingerprint density at radius 1 is 1.50 bits per heavy atom. The summed E-state index contributed by atoms with van der Waals surface area (Å²) in [5.74, 6) is -0.661. The number of carbonyl (C=O) groups excluding carboxylic acids is 1. The van der Waals surface area contributed by atoms with Crippen molar-refractivity contribution in [3.05, 3.63) is 35.6 Å². The van der Waals surface area contributed by atoms with Crippen molar-refractivity contribution < 1.29 is 13.9 Å². The van der Waals surface area contributed by atoms with Gasteiger partial charge in [-0.2, -0.15) is 0 Å². The SMILES string of the molecule is CCNC(CC(=O)OC)c1ccccc1F. The zero-order valence-corrected chi connectivity index (χ0v) is 9.50. The Morgan fingerprint density at radius 2 is 2.19 bits per heavy atom. The Balaban J connectivity index is 2.85. The highest BCUT2D eigenvalue weighted by atomic mass is 19.1. The van der Waals surface area contributed by atoms with E-state index in [1.54, 1.807) is 18.2 Å². The van der Waals surface area contributed by atoms with Gasteiger partial charge in [-0.05, 0) is 12.6 Å². The summed E-state index contributed by atoms with van der Waals surface area (Å²) in [7, 11) is 1.33. The fraction of sp³-hybridized carbons (Fsp3) is 0.417. The fourth-order valence-electron chi connectivity index (χ4n) is 1.55. The van der Waals surface area contributed by atoms with Crippen LogP contribution in [-0.4, -0.2) is 19.6 Å². The molecule has 0 amide bonds. The highest BCUT2D eigenvalue weighted by molar-refractivity contribution is 5.70. The molecule has 0 bridgehead atoms. The van der Waals surface area contributed by atoms with Crippen molar-refractivity contribution in [3.8, 4) is 0 Å². The van der Waals surface area contributed by atoms with E-state index in [0.717, 1.165) is 0 Å². The van der Waals surface area contributed by atoms with Gasteiger partial charge in [-0.25, -0.2) is 4.39 Å². The van der Waals surface area contributed by atoms with Gasteiger partial charge in [0.05, 0.1) is 13.5 Å². The highest BCUT2D eigenvalue weighted by Gasteiger charge is 2.18. The molecule has 1 atom stereocenters. The molecule has 4 heteroatoms. The van der Waals surface area contributed by atoms with Crippen LogP contribution in [0.3, 0.4) is 0 Å². The quantitative estimate of drug-likeness (QED) is 0.779. The second-order valence-corrected chi connectivity index (χ2v) is 3.41. The number of nitrogens with one attached hydrogen (secondary N) is 1. The smallest absolute Gasteiger partial charge is 0.307 e. The van der Waals surface area contributed by atoms with Gasteiger partial charge in [0.15, 0.2) is 0 Å². The van der Waals surface area contributed by atoms with Gasteiger partial charge in [0.25, 0.3) is 0 Å². The van der Waals surface area contributed by atoms with E-state index < -0.39 is 0 Å². The number of rotatable bonds is 5. The Labute approximate surface area is 94.6 Å². The van der Waals surface area contributed by atoms with Crippen LogP contribution in [0.15, 0.2) is 24.3 Å². The number of halogens is 1. The van der Waals surface area contributed by atoms with Crippen LogP contribution in [0.1, 0.15) is 24.9 Å². The predicted octanol–water partition coefficient (Wildman–Crippen LogP) is 2.04. The van der Waals surface area contributed by atoms with Crippen molar-refractivity contribution in [3.63, 3.8) is 0 Å². The van der Waals surface area contributed by atoms with E-state index >= 15 is 0 Å². The Kier molecular flexibility index (Phi) is 4.92. The third-order valence-corrected chi connectivity index (χ3v) is 2.33. The number of hydrogen-bond donors (Lipinski definition) is 1. The van der Waals surface area contributed by atoms with Crippen LogP contribution in [0.2, 0.25) is 0 Å². The molecule has 1 aromatic rings. The molecule has 0 saturated heterocycles. The first-order valence-electron chi connectivity index (χ1n) is 5.23. The minimum Gasteiger partial charge on any atom is -0.469 e. The summed E-state index contributed by atoms with van der Waals surface area (Å²) in [6.45, 7) is 2.57. The van der Waals surface area contributed by atoms with E-state index in [0.29, 0.717) is 12.1 Å². The first-order valence-corrected chi connectivity index (χ1v) is 5.23. The summed E-state index contributed by atoms with van der Waals surface area (Å²) in [4.78, 5) is 11.2. The van der Waals surface area contributed by atoms with Crippen molar-refractivity contribution in [2.75, 3.05) is 13.7 Å². The lowest BCUT2D eigenvalue weighted by Gasteiger charge is -2.17. The predicted molar refractivity (Wildman–Crippen MR) is 59.5 cm³/mol. The topological polar surface area (TPSA) is 38.3 Å². The molecule has 0 saturated carbocycles. The lowest BCUT2D eigenvalue weighted by atomic mass is 10.0. The molecule has 0 aliphatic rings. The molecule has 1 rings (SSSR count). The number of ether oxygens (including phenoxy) is 1. The minimum absolute atomic E-state index is 0.130. The van der Waals surface area contributed by atoms with Crippen LogP contribution in [0.25, 0.3) is 0 Å². The summed E-state index contributed by atoms with van der Waals surface area (Å²) in [6, 6.07) is 6.10. The molecule has 3 nitrogen and oxygen atoms in total. The van der Waals surface area contributed by atoms with Crippen molar-refractivity contribution in [1.29, 1.82) is 0 Å². The van der Waals surface area contributed by atoms with Gasteiger partial charge in [0, 0.05) is 11.6 Å². The zero-order valence-electron chi connectivity index (χ0n) is 9.50. The first-order chi connectivity index (χ1) is 7.69. The number of hydrogen-bond acceptors (Lipinski definition) is 3. The molecule has 1 unspecified atom stereocenters. The van der Waals surface area contributed by atoms with Crippen LogP contribution in [0.4, 0.5) is 4.39 Å². The maximum atomic E-state index is 13.5. The average Bonchev–Trinajstić information content (AvgIpc) is 2.29. The normalized spacial score (nSPS) is 12.2. The molecule has 16 heavy (non-hydrogen) atoms. The van der Waals surface area contributed by atoms with Gasteiger partial charge in [-0.15, -0.1) is 0 Å². The summed E-state index contributed by atoms with van der Waals surface area (Å²) in [5.41, 5.74) is 0.495. The number of methoxy groups -OCH3 is 1. The molecule has 1 aromatic carbocycles. The molecule has 0 heterocycles. The first kappa shape index (κ1) is 12.6. The minimum atomic E-state index is -0.353. The van der Waals surface area contributed by atoms with E-state index in [-0.39, 0.29) is 24.2 Å². The van der Waals surface area contributed by atoms with Gasteiger partial charge in [-0.1, -0.05) is 25.1 Å². The molecule has 1 N–H and O–H groups in total. The van der Waals surface area contributed by atoms with Crippen LogP contribution in [0, 0.1) is 5.82 Å². The molecule has 0 aliphatic carbocycles. The maximum Gasteiger partial charge on any atom is 0.307 e. The summed E-state index contributed by atoms with van der Waals surface area (Å²) < 4.78 is 18.1. The van der Waals surface area contributed by atoms with Crippen LogP contribution < -0.4 is 5.32 Å². The third kappa shape index (κ3) is 3.31. The van der Waals surface area contributed by atoms with Gasteiger partial charge in [0.2, 0.25) is 0 Å². The standard InChI is InChI=1S/C12H16FNO2/c1-3-14-11(8-12(15)16-2)9-6-4-5-7-10(9)13/h4-7,11,14H,3,8H2,1-2H3. The second-order valence-electron chi connectivity index (χ2n) is 3.41. The van der Waals surface area contributed by atoms with Crippen molar-refractivity contribution in [1.82, 2.24) is 5.32 Å². The Morgan fingerprint density at radius 3 is 2.75 bits per heavy atom. The largest absolute Gasteiger partial charge is 0.469 e. The zero-order chi connectivity index (χ0) is 12.0. The van der Waals surface area contributed by atoms with Crippen LogP contribution in [0.5, 0.6) is 0 Å². The van der Waals surface area contributed by atoms with E-state index in [1.165, 1.54) is 13.2 Å². The molecular weight excluding hydrogens is 209 g/mol. The summed E-state index contributed by atoms with van der Waals surface area (Å²) in [6.07, 6.45) is 0.130. The highest BCUT2D eigenvalue weighted by Crippen LogP contribution is 2.20. The van der Waals surface area contributed by atoms with E-state index in [9.17, 15) is 9.18 Å². The van der Waals surface area contributed by atoms with Gasteiger partial charge >= 0.3 is 5.97 Å². The van der Waals surface area contributed by atoms with Crippen molar-refractivity contribution in [2.45, 2.75) is 19.4 Å². The van der Waals surface area contributed by atoms with E-state index in [2.05, 4.69) is 10.1 Å². The Hall–Kier alpha value is -1.42. The summed E-state index contributed by atoms with van der Waals surface area (Å²) in [5, 5.41) is 3.06. The number of carbonyl (C=O) groups is 1. The second kappa shape index (κ2) is 6.23. The average molecular weight is 225 g/mol. The molecule has 0 aliphatic heterocycles. The fourth-order valence-corrected chi connectivity index (χ4v) is 1.55. The monoisotopic (exact) mass is 225 g/mol. The molecule has 0 radical (unpaired) electrons. The number of benzene rings is 1. The third-order valence-electron chi connectivity index (χ3n) is 2.33. The molecule has 0 fully saturated rings. The molecular formula is C12H16FNO2. The molecule has 0 spiro atoms. The molecule has 0 aromatic heterocycles. The van der Waals surface area contributed by atoms with Gasteiger partial charge < -0.3 is 10.1 Å². The Bertz CT molecular complexity index is 355.